The lowest BCUT2D eigenvalue weighted by molar-refractivity contribution is -0.137. The second-order valence-corrected chi connectivity index (χ2v) is 9.10. The Labute approximate surface area is 206 Å². The summed E-state index contributed by atoms with van der Waals surface area (Å²) < 4.78 is 11.5. The van der Waals surface area contributed by atoms with Crippen LogP contribution in [0.5, 0.6) is 5.75 Å². The number of rotatable bonds is 6. The molecule has 35 heavy (non-hydrogen) atoms. The van der Waals surface area contributed by atoms with Gasteiger partial charge in [-0.1, -0.05) is 35.8 Å². The number of nitrogens with one attached hydrogen (secondary N) is 1. The topological polar surface area (TPSA) is 88.2 Å². The number of carbonyl (C=O) groups is 3. The molecular weight excluding hydrogens is 444 g/mol. The highest BCUT2D eigenvalue weighted by molar-refractivity contribution is 6.33. The minimum Gasteiger partial charge on any atom is -0.489 e. The smallest absolute Gasteiger partial charge is 0.254 e. The van der Waals surface area contributed by atoms with Gasteiger partial charge in [-0.15, -0.1) is 0 Å². The summed E-state index contributed by atoms with van der Waals surface area (Å²) in [5.41, 5.74) is 3.36. The van der Waals surface area contributed by atoms with E-state index in [1.54, 1.807) is 12.1 Å². The van der Waals surface area contributed by atoms with Gasteiger partial charge in [-0.2, -0.15) is 0 Å². The van der Waals surface area contributed by atoms with Crippen molar-refractivity contribution < 1.29 is 23.9 Å². The number of carbonyl (C=O) groups excluding carboxylic acids is 3. The fraction of sp³-hybridized carbons (Fsp3) is 0.400. The highest BCUT2D eigenvalue weighted by Gasteiger charge is 2.44. The number of nitrogens with zero attached hydrogens (tertiary/aromatic N) is 2. The van der Waals surface area contributed by atoms with E-state index in [1.165, 1.54) is 10.5 Å². The number of hydrogen-bond acceptors (Lipinski definition) is 6. The molecular formula is C25H25B2N3O5. The predicted octanol–water partition coefficient (Wildman–Crippen LogP) is 0.320. The fourth-order valence-electron chi connectivity index (χ4n) is 4.86. The maximum absolute atomic E-state index is 13.2. The van der Waals surface area contributed by atoms with Crippen LogP contribution in [0.1, 0.15) is 45.8 Å². The van der Waals surface area contributed by atoms with E-state index >= 15 is 0 Å². The van der Waals surface area contributed by atoms with Crippen LogP contribution in [0.3, 0.4) is 0 Å². The molecule has 3 aliphatic heterocycles. The molecule has 2 aromatic rings. The normalized spacial score (nSPS) is 22.7. The Kier molecular flexibility index (Phi) is 6.67. The van der Waals surface area contributed by atoms with E-state index < -0.39 is 23.8 Å². The summed E-state index contributed by atoms with van der Waals surface area (Å²) >= 11 is 0. The van der Waals surface area contributed by atoms with Crippen LogP contribution >= 0.6 is 0 Å². The fourth-order valence-corrected chi connectivity index (χ4v) is 4.86. The molecule has 2 atom stereocenters. The molecule has 0 spiro atoms. The SMILES string of the molecule is [B]c1cc(OCc2ccc(CN3CCOCC3)cc2)c2c(c1)C(=O)N(C1CCC(=O)NC1=O)C2[B]. The molecule has 8 nitrogen and oxygen atoms in total. The Hall–Kier alpha value is -3.10. The molecule has 1 N–H and O–H groups in total. The summed E-state index contributed by atoms with van der Waals surface area (Å²) in [5.74, 6) is -1.74. The maximum Gasteiger partial charge on any atom is 0.254 e. The Morgan fingerprint density at radius 2 is 1.77 bits per heavy atom. The Balaban J connectivity index is 1.30. The van der Waals surface area contributed by atoms with Crippen LogP contribution in [0.25, 0.3) is 0 Å². The van der Waals surface area contributed by atoms with Crippen molar-refractivity contribution in [1.29, 1.82) is 0 Å². The van der Waals surface area contributed by atoms with Crippen LogP contribution in [0, 0.1) is 0 Å². The summed E-state index contributed by atoms with van der Waals surface area (Å²) in [6.45, 7) is 4.54. The largest absolute Gasteiger partial charge is 0.489 e. The lowest BCUT2D eigenvalue weighted by Crippen LogP contribution is -2.53. The van der Waals surface area contributed by atoms with Crippen LogP contribution in [-0.4, -0.2) is 75.6 Å². The van der Waals surface area contributed by atoms with Crippen LogP contribution in [-0.2, 0) is 27.5 Å². The first-order valence-electron chi connectivity index (χ1n) is 11.8. The van der Waals surface area contributed by atoms with E-state index in [1.807, 2.05) is 12.1 Å². The van der Waals surface area contributed by atoms with Crippen LogP contribution in [0.2, 0.25) is 0 Å². The molecule has 2 aromatic carbocycles. The molecule has 3 amide bonds. The third-order valence-corrected chi connectivity index (χ3v) is 6.70. The van der Waals surface area contributed by atoms with Crippen LogP contribution < -0.4 is 15.5 Å². The molecule has 0 saturated carbocycles. The van der Waals surface area contributed by atoms with Crippen molar-refractivity contribution in [2.24, 2.45) is 0 Å². The highest BCUT2D eigenvalue weighted by Crippen LogP contribution is 2.40. The summed E-state index contributed by atoms with van der Waals surface area (Å²) in [4.78, 5) is 40.8. The molecule has 2 saturated heterocycles. The van der Waals surface area contributed by atoms with Gasteiger partial charge in [-0.3, -0.25) is 24.6 Å². The van der Waals surface area contributed by atoms with Gasteiger partial charge in [0.15, 0.2) is 0 Å². The van der Waals surface area contributed by atoms with Crippen molar-refractivity contribution in [2.75, 3.05) is 26.3 Å². The lowest BCUT2D eigenvalue weighted by Gasteiger charge is -2.33. The van der Waals surface area contributed by atoms with Gasteiger partial charge < -0.3 is 14.4 Å². The molecule has 4 radical (unpaired) electrons. The van der Waals surface area contributed by atoms with Gasteiger partial charge in [0.2, 0.25) is 11.8 Å². The molecule has 5 rings (SSSR count). The van der Waals surface area contributed by atoms with E-state index in [4.69, 9.17) is 25.2 Å². The third kappa shape index (κ3) is 4.86. The molecule has 3 aliphatic rings. The number of morpholine rings is 1. The number of piperidine rings is 1. The van der Waals surface area contributed by atoms with E-state index in [0.717, 1.165) is 38.4 Å². The first kappa shape index (κ1) is 23.6. The molecule has 2 unspecified atom stereocenters. The Bertz CT molecular complexity index is 1150. The van der Waals surface area contributed by atoms with E-state index in [2.05, 4.69) is 22.3 Å². The summed E-state index contributed by atoms with van der Waals surface area (Å²) in [7, 11) is 12.5. The zero-order valence-corrected chi connectivity index (χ0v) is 19.4. The second kappa shape index (κ2) is 9.87. The molecule has 2 fully saturated rings. The van der Waals surface area contributed by atoms with Crippen molar-refractivity contribution in [3.05, 3.63) is 58.7 Å². The lowest BCUT2D eigenvalue weighted by atomic mass is 9.84. The zero-order valence-electron chi connectivity index (χ0n) is 19.4. The number of imide groups is 1. The second-order valence-electron chi connectivity index (χ2n) is 9.10. The number of ether oxygens (including phenoxy) is 2. The summed E-state index contributed by atoms with van der Waals surface area (Å²) in [6, 6.07) is 10.6. The van der Waals surface area contributed by atoms with Gasteiger partial charge >= 0.3 is 0 Å². The Morgan fingerprint density at radius 1 is 1.06 bits per heavy atom. The zero-order chi connectivity index (χ0) is 24.5. The van der Waals surface area contributed by atoms with Gasteiger partial charge in [0.1, 0.15) is 34.1 Å². The van der Waals surface area contributed by atoms with E-state index in [9.17, 15) is 14.4 Å². The number of amides is 3. The van der Waals surface area contributed by atoms with Crippen molar-refractivity contribution in [3.8, 4) is 5.75 Å². The molecule has 176 valence electrons. The molecule has 3 heterocycles. The van der Waals surface area contributed by atoms with Crippen molar-refractivity contribution in [1.82, 2.24) is 15.1 Å². The number of fused-ring (bicyclic) bond motifs is 1. The van der Waals surface area contributed by atoms with E-state index in [0.29, 0.717) is 22.3 Å². The van der Waals surface area contributed by atoms with Gasteiger partial charge in [0.05, 0.1) is 13.2 Å². The van der Waals surface area contributed by atoms with E-state index in [-0.39, 0.29) is 25.4 Å². The third-order valence-electron chi connectivity index (χ3n) is 6.70. The quantitative estimate of drug-likeness (QED) is 0.485. The van der Waals surface area contributed by atoms with Crippen molar-refractivity contribution in [2.45, 2.75) is 38.0 Å². The molecule has 0 aromatic heterocycles. The van der Waals surface area contributed by atoms with Crippen LogP contribution in [0.15, 0.2) is 36.4 Å². The number of benzene rings is 2. The van der Waals surface area contributed by atoms with Gasteiger partial charge in [0, 0.05) is 43.1 Å². The monoisotopic (exact) mass is 469 g/mol. The average Bonchev–Trinajstić information content (AvgIpc) is 3.09. The minimum absolute atomic E-state index is 0.149. The van der Waals surface area contributed by atoms with Gasteiger partial charge in [-0.25, -0.2) is 0 Å². The first-order chi connectivity index (χ1) is 16.9. The minimum atomic E-state index is -0.882. The van der Waals surface area contributed by atoms with Gasteiger partial charge in [0.25, 0.3) is 5.91 Å². The predicted molar refractivity (Wildman–Crippen MR) is 130 cm³/mol. The van der Waals surface area contributed by atoms with Gasteiger partial charge in [-0.05, 0) is 23.6 Å². The number of hydrogen-bond donors (Lipinski definition) is 1. The maximum atomic E-state index is 13.2. The molecule has 0 aliphatic carbocycles. The average molecular weight is 469 g/mol. The standard InChI is InChI=1S/C25H25B2N3O5/c26-17-11-18-22(23(27)30(25(18)33)19-5-6-21(31)28-24(19)32)20(12-17)35-14-16-3-1-15(2-4-16)13-29-7-9-34-10-8-29/h1-4,11-12,19,23H,5-10,13-14H2,(H,28,31,32). The highest BCUT2D eigenvalue weighted by atomic mass is 16.5. The first-order valence-corrected chi connectivity index (χ1v) is 11.8. The van der Waals surface area contributed by atoms with Crippen LogP contribution in [0.4, 0.5) is 0 Å². The van der Waals surface area contributed by atoms with Crippen molar-refractivity contribution >= 4 is 38.9 Å². The van der Waals surface area contributed by atoms with Crippen molar-refractivity contribution in [3.63, 3.8) is 0 Å². The summed E-state index contributed by atoms with van der Waals surface area (Å²) in [5, 5.41) is 2.28. The molecule has 0 bridgehead atoms. The Morgan fingerprint density at radius 3 is 2.49 bits per heavy atom. The summed E-state index contributed by atoms with van der Waals surface area (Å²) in [6.07, 6.45) is 0.372. The molecule has 10 heteroatoms.